The largest absolute Gasteiger partial charge is 0.379 e. The van der Waals surface area contributed by atoms with Crippen molar-refractivity contribution in [2.75, 3.05) is 125 Å². The van der Waals surface area contributed by atoms with Gasteiger partial charge in [0.05, 0.1) is 112 Å². The average Bonchev–Trinajstić information content (AvgIpc) is 3.43. The van der Waals surface area contributed by atoms with Crippen LogP contribution in [0.25, 0.3) is 0 Å². The van der Waals surface area contributed by atoms with Crippen molar-refractivity contribution < 1.29 is 66.7 Å². The van der Waals surface area contributed by atoms with Crippen LogP contribution in [0.1, 0.15) is 26.7 Å². The topological polar surface area (TPSA) is 216 Å². The van der Waals surface area contributed by atoms with E-state index in [1.807, 2.05) is 0 Å². The molecule has 0 bridgehead atoms. The third-order valence-corrected chi connectivity index (χ3v) is 6.73. The summed E-state index contributed by atoms with van der Waals surface area (Å²) in [5, 5.41) is 7.78. The van der Waals surface area contributed by atoms with Crippen molar-refractivity contribution in [1.29, 1.82) is 0 Å². The summed E-state index contributed by atoms with van der Waals surface area (Å²) in [6, 6.07) is -0.715. The summed E-state index contributed by atoms with van der Waals surface area (Å²) >= 11 is 0. The third-order valence-electron chi connectivity index (χ3n) is 6.73. The number of hydrogen-bond donors (Lipinski definition) is 3. The van der Waals surface area contributed by atoms with Gasteiger partial charge in [-0.15, -0.1) is 0 Å². The number of nitrogens with zero attached hydrogens (tertiary/aromatic N) is 1. The lowest BCUT2D eigenvalue weighted by molar-refractivity contribution is -0.137. The Bertz CT molecular complexity index is 1010. The quantitative estimate of drug-likeness (QED) is 0.0380. The van der Waals surface area contributed by atoms with Crippen LogP contribution in [0.5, 0.6) is 0 Å². The minimum absolute atomic E-state index is 0.0421. The minimum Gasteiger partial charge on any atom is -0.379 e. The summed E-state index contributed by atoms with van der Waals surface area (Å²) in [5.74, 6) is -1.91. The van der Waals surface area contributed by atoms with Crippen LogP contribution in [0.4, 0.5) is 0 Å². The fourth-order valence-electron chi connectivity index (χ4n) is 4.05. The molecule has 0 saturated carbocycles. The lowest BCUT2D eigenvalue weighted by atomic mass is 10.0. The SMILES string of the molecule is CC(C)C(NC(=O)CCOCCOCCOCCOCCOCCOCCOCCOCCNC(=O)CCN1C(=O)C=CC1=O)C(=O)NCC=O. The Morgan fingerprint density at radius 2 is 1.02 bits per heavy atom. The molecule has 18 nitrogen and oxygen atoms in total. The second-order valence-electron chi connectivity index (χ2n) is 11.1. The highest BCUT2D eigenvalue weighted by molar-refractivity contribution is 6.13. The van der Waals surface area contributed by atoms with Crippen LogP contribution in [0.15, 0.2) is 12.2 Å². The van der Waals surface area contributed by atoms with Gasteiger partial charge in [0.1, 0.15) is 12.3 Å². The maximum Gasteiger partial charge on any atom is 0.253 e. The monoisotopic (exact) mass is 732 g/mol. The molecule has 1 atom stereocenters. The molecule has 18 heteroatoms. The molecule has 0 spiro atoms. The third kappa shape index (κ3) is 25.3. The van der Waals surface area contributed by atoms with E-state index in [1.165, 1.54) is 12.2 Å². The fourth-order valence-corrected chi connectivity index (χ4v) is 4.05. The van der Waals surface area contributed by atoms with Gasteiger partial charge in [-0.3, -0.25) is 28.9 Å². The molecule has 51 heavy (non-hydrogen) atoms. The zero-order valence-electron chi connectivity index (χ0n) is 29.9. The molecule has 0 fully saturated rings. The van der Waals surface area contributed by atoms with Crippen molar-refractivity contribution in [1.82, 2.24) is 20.9 Å². The first kappa shape index (κ1) is 45.7. The Morgan fingerprint density at radius 1 is 0.608 bits per heavy atom. The zero-order chi connectivity index (χ0) is 37.4. The van der Waals surface area contributed by atoms with E-state index in [-0.39, 0.29) is 50.3 Å². The van der Waals surface area contributed by atoms with Gasteiger partial charge in [-0.25, -0.2) is 0 Å². The van der Waals surface area contributed by atoms with Crippen LogP contribution in [0, 0.1) is 5.92 Å². The van der Waals surface area contributed by atoms with Crippen molar-refractivity contribution in [3.05, 3.63) is 12.2 Å². The minimum atomic E-state index is -0.715. The number of aldehydes is 1. The van der Waals surface area contributed by atoms with Crippen molar-refractivity contribution in [2.24, 2.45) is 5.92 Å². The highest BCUT2D eigenvalue weighted by Crippen LogP contribution is 2.04. The molecule has 0 aliphatic carbocycles. The lowest BCUT2D eigenvalue weighted by Gasteiger charge is -2.21. The first-order chi connectivity index (χ1) is 24.8. The van der Waals surface area contributed by atoms with Gasteiger partial charge >= 0.3 is 0 Å². The highest BCUT2D eigenvalue weighted by Gasteiger charge is 2.24. The van der Waals surface area contributed by atoms with Gasteiger partial charge in [-0.1, -0.05) is 13.8 Å². The predicted octanol–water partition coefficient (Wildman–Crippen LogP) is -1.60. The number of nitrogens with one attached hydrogen (secondary N) is 3. The lowest BCUT2D eigenvalue weighted by Crippen LogP contribution is -2.50. The molecule has 0 aromatic heterocycles. The van der Waals surface area contributed by atoms with Crippen molar-refractivity contribution in [2.45, 2.75) is 32.7 Å². The predicted molar refractivity (Wildman–Crippen MR) is 180 cm³/mol. The molecule has 5 amide bonds. The number of rotatable bonds is 35. The molecule has 1 rings (SSSR count). The van der Waals surface area contributed by atoms with Crippen LogP contribution in [0.2, 0.25) is 0 Å². The van der Waals surface area contributed by atoms with Crippen molar-refractivity contribution in [3.8, 4) is 0 Å². The molecular formula is C33H56N4O14. The molecular weight excluding hydrogens is 676 g/mol. The molecule has 1 aliphatic rings. The van der Waals surface area contributed by atoms with Gasteiger partial charge in [0, 0.05) is 38.1 Å². The maximum absolute atomic E-state index is 12.1. The molecule has 0 aromatic carbocycles. The van der Waals surface area contributed by atoms with E-state index in [1.54, 1.807) is 13.8 Å². The van der Waals surface area contributed by atoms with Crippen LogP contribution >= 0.6 is 0 Å². The molecule has 292 valence electrons. The molecule has 1 heterocycles. The Kier molecular flexibility index (Phi) is 28.1. The van der Waals surface area contributed by atoms with E-state index >= 15 is 0 Å². The summed E-state index contributed by atoms with van der Waals surface area (Å²) in [4.78, 5) is 70.3. The number of imide groups is 1. The average molecular weight is 733 g/mol. The molecule has 0 saturated heterocycles. The smallest absolute Gasteiger partial charge is 0.253 e. The van der Waals surface area contributed by atoms with Gasteiger partial charge < -0.3 is 58.6 Å². The van der Waals surface area contributed by atoms with Gasteiger partial charge in [-0.05, 0) is 5.92 Å². The zero-order valence-corrected chi connectivity index (χ0v) is 29.9. The molecule has 0 radical (unpaired) electrons. The Hall–Kier alpha value is -3.36. The second kappa shape index (κ2) is 31.4. The van der Waals surface area contributed by atoms with Gasteiger partial charge in [0.25, 0.3) is 11.8 Å². The van der Waals surface area contributed by atoms with E-state index < -0.39 is 23.8 Å². The normalized spacial score (nSPS) is 13.2. The van der Waals surface area contributed by atoms with E-state index in [0.29, 0.717) is 112 Å². The fraction of sp³-hybridized carbons (Fsp3) is 0.758. The van der Waals surface area contributed by atoms with Crippen LogP contribution in [0.3, 0.4) is 0 Å². The van der Waals surface area contributed by atoms with Crippen molar-refractivity contribution in [3.63, 3.8) is 0 Å². The van der Waals surface area contributed by atoms with Crippen LogP contribution in [-0.2, 0) is 66.7 Å². The van der Waals surface area contributed by atoms with E-state index in [4.69, 9.17) is 37.9 Å². The van der Waals surface area contributed by atoms with Crippen molar-refractivity contribution >= 4 is 35.8 Å². The standard InChI is InChI=1S/C33H56N4O14/c1-27(2)32(33(43)35-7-10-38)36-29(40)6-11-44-13-15-46-17-19-48-21-23-50-25-26-51-24-22-49-20-18-47-16-14-45-12-8-34-28(39)5-9-37-30(41)3-4-31(37)42/h3-4,10,27,32H,5-9,11-26H2,1-2H3,(H,34,39)(H,35,43)(H,36,40). The molecule has 1 unspecified atom stereocenters. The van der Waals surface area contributed by atoms with E-state index in [0.717, 1.165) is 4.90 Å². The highest BCUT2D eigenvalue weighted by atomic mass is 16.6. The first-order valence-corrected chi connectivity index (χ1v) is 17.2. The summed E-state index contributed by atoms with van der Waals surface area (Å²) < 4.78 is 43.4. The number of carbonyl (C=O) groups is 6. The summed E-state index contributed by atoms with van der Waals surface area (Å²) in [6.07, 6.45) is 3.10. The summed E-state index contributed by atoms with van der Waals surface area (Å²) in [6.45, 7) is 10.1. The molecule has 3 N–H and O–H groups in total. The van der Waals surface area contributed by atoms with Gasteiger partial charge in [-0.2, -0.15) is 0 Å². The van der Waals surface area contributed by atoms with Crippen LogP contribution < -0.4 is 16.0 Å². The van der Waals surface area contributed by atoms with E-state index in [2.05, 4.69) is 16.0 Å². The molecule has 0 aromatic rings. The molecule has 1 aliphatic heterocycles. The van der Waals surface area contributed by atoms with E-state index in [9.17, 15) is 28.8 Å². The number of ether oxygens (including phenoxy) is 8. The maximum atomic E-state index is 12.1. The summed E-state index contributed by atoms with van der Waals surface area (Å²) in [7, 11) is 0. The second-order valence-corrected chi connectivity index (χ2v) is 11.1. The Labute approximate surface area is 299 Å². The summed E-state index contributed by atoms with van der Waals surface area (Å²) in [5.41, 5.74) is 0. The number of amides is 5. The first-order valence-electron chi connectivity index (χ1n) is 17.2. The number of carbonyl (C=O) groups excluding carboxylic acids is 6. The Morgan fingerprint density at radius 3 is 1.43 bits per heavy atom. The van der Waals surface area contributed by atoms with Gasteiger partial charge in [0.15, 0.2) is 0 Å². The number of hydrogen-bond acceptors (Lipinski definition) is 14. The Balaban J connectivity index is 1.75. The van der Waals surface area contributed by atoms with Gasteiger partial charge in [0.2, 0.25) is 17.7 Å². The van der Waals surface area contributed by atoms with Crippen LogP contribution in [-0.4, -0.2) is 172 Å².